The first-order chi connectivity index (χ1) is 7.68. The second kappa shape index (κ2) is 5.24. The maximum absolute atomic E-state index is 10.2. The van der Waals surface area contributed by atoms with Crippen LogP contribution in [-0.2, 0) is 0 Å². The lowest BCUT2D eigenvalue weighted by atomic mass is 9.93. The van der Waals surface area contributed by atoms with E-state index >= 15 is 0 Å². The maximum atomic E-state index is 10.2. The molecule has 2 unspecified atom stereocenters. The number of thioether (sulfide) groups is 1. The average Bonchev–Trinajstić information content (AvgIpc) is 2.81. The summed E-state index contributed by atoms with van der Waals surface area (Å²) in [5.74, 6) is 3.32. The molecule has 1 aromatic carbocycles. The number of benzene rings is 1. The molecule has 0 aromatic heterocycles. The van der Waals surface area contributed by atoms with Crippen LogP contribution in [0.1, 0.15) is 43.4 Å². The fraction of sp³-hybridized carbons (Fsp3) is 0.571. The van der Waals surface area contributed by atoms with Gasteiger partial charge < -0.3 is 5.11 Å². The van der Waals surface area contributed by atoms with Gasteiger partial charge in [-0.15, -0.1) is 0 Å². The van der Waals surface area contributed by atoms with E-state index in [1.165, 1.54) is 11.3 Å². The summed E-state index contributed by atoms with van der Waals surface area (Å²) in [5.41, 5.74) is 2.42. The summed E-state index contributed by atoms with van der Waals surface area (Å²) < 4.78 is 0. The molecule has 2 heteroatoms. The van der Waals surface area contributed by atoms with Crippen molar-refractivity contribution in [3.05, 3.63) is 35.4 Å². The molecule has 16 heavy (non-hydrogen) atoms. The molecule has 1 heterocycles. The molecule has 1 aliphatic rings. The molecular weight excluding hydrogens is 216 g/mol. The summed E-state index contributed by atoms with van der Waals surface area (Å²) in [5, 5.41) is 10.2. The van der Waals surface area contributed by atoms with E-state index in [1.54, 1.807) is 0 Å². The SMILES string of the molecule is CC(C)c1ccc(C(O)C2CCSC2)cc1. The second-order valence-corrected chi connectivity index (χ2v) is 6.04. The highest BCUT2D eigenvalue weighted by molar-refractivity contribution is 7.99. The molecule has 0 spiro atoms. The molecule has 1 saturated heterocycles. The van der Waals surface area contributed by atoms with E-state index < -0.39 is 0 Å². The Morgan fingerprint density at radius 3 is 2.31 bits per heavy atom. The first-order valence-corrected chi connectivity index (χ1v) is 7.19. The summed E-state index contributed by atoms with van der Waals surface area (Å²) in [6.07, 6.45) is 0.883. The highest BCUT2D eigenvalue weighted by Crippen LogP contribution is 2.34. The number of aliphatic hydroxyl groups is 1. The third-order valence-electron chi connectivity index (χ3n) is 3.36. The van der Waals surface area contributed by atoms with Crippen LogP contribution in [0.2, 0.25) is 0 Å². The highest BCUT2D eigenvalue weighted by atomic mass is 32.2. The van der Waals surface area contributed by atoms with Crippen molar-refractivity contribution >= 4 is 11.8 Å². The van der Waals surface area contributed by atoms with Crippen LogP contribution >= 0.6 is 11.8 Å². The maximum Gasteiger partial charge on any atom is 0.0826 e. The molecule has 0 aliphatic carbocycles. The Kier molecular flexibility index (Phi) is 3.93. The van der Waals surface area contributed by atoms with E-state index in [0.717, 1.165) is 17.7 Å². The van der Waals surface area contributed by atoms with E-state index in [-0.39, 0.29) is 6.10 Å². The highest BCUT2D eigenvalue weighted by Gasteiger charge is 2.24. The fourth-order valence-electron chi connectivity index (χ4n) is 2.15. The third-order valence-corrected chi connectivity index (χ3v) is 4.54. The molecule has 88 valence electrons. The van der Waals surface area contributed by atoms with E-state index in [1.807, 2.05) is 11.8 Å². The molecule has 1 fully saturated rings. The van der Waals surface area contributed by atoms with Crippen molar-refractivity contribution in [1.29, 1.82) is 0 Å². The minimum atomic E-state index is -0.267. The van der Waals surface area contributed by atoms with Gasteiger partial charge in [0.25, 0.3) is 0 Å². The summed E-state index contributed by atoms with van der Waals surface area (Å²) in [4.78, 5) is 0. The predicted molar refractivity (Wildman–Crippen MR) is 70.9 cm³/mol. The molecule has 2 atom stereocenters. The summed E-state index contributed by atoms with van der Waals surface area (Å²) in [6, 6.07) is 8.46. The van der Waals surface area contributed by atoms with Gasteiger partial charge in [-0.3, -0.25) is 0 Å². The van der Waals surface area contributed by atoms with Crippen LogP contribution in [0.15, 0.2) is 24.3 Å². The quantitative estimate of drug-likeness (QED) is 0.865. The van der Waals surface area contributed by atoms with Gasteiger partial charge in [0.1, 0.15) is 0 Å². The molecule has 0 saturated carbocycles. The Hall–Kier alpha value is -0.470. The van der Waals surface area contributed by atoms with Crippen LogP contribution in [0.4, 0.5) is 0 Å². The van der Waals surface area contributed by atoms with Crippen LogP contribution in [0, 0.1) is 5.92 Å². The Balaban J connectivity index is 2.08. The van der Waals surface area contributed by atoms with Gasteiger partial charge in [0.05, 0.1) is 6.10 Å². The third kappa shape index (κ3) is 2.61. The van der Waals surface area contributed by atoms with Gasteiger partial charge in [-0.2, -0.15) is 11.8 Å². The zero-order chi connectivity index (χ0) is 11.5. The van der Waals surface area contributed by atoms with Gasteiger partial charge in [-0.1, -0.05) is 38.1 Å². The van der Waals surface area contributed by atoms with Gasteiger partial charge in [0.2, 0.25) is 0 Å². The zero-order valence-corrected chi connectivity index (χ0v) is 10.8. The van der Waals surface area contributed by atoms with Crippen LogP contribution in [-0.4, -0.2) is 16.6 Å². The fourth-order valence-corrected chi connectivity index (χ4v) is 3.44. The molecule has 2 rings (SSSR count). The van der Waals surface area contributed by atoms with Gasteiger partial charge in [0.15, 0.2) is 0 Å². The second-order valence-electron chi connectivity index (χ2n) is 4.89. The van der Waals surface area contributed by atoms with Crippen molar-refractivity contribution in [2.75, 3.05) is 11.5 Å². The van der Waals surface area contributed by atoms with E-state index in [9.17, 15) is 5.11 Å². The normalized spacial score (nSPS) is 22.6. The van der Waals surface area contributed by atoms with Crippen molar-refractivity contribution in [3.8, 4) is 0 Å². The van der Waals surface area contributed by atoms with Crippen LogP contribution in [0.5, 0.6) is 0 Å². The Morgan fingerprint density at radius 1 is 1.19 bits per heavy atom. The van der Waals surface area contributed by atoms with Crippen LogP contribution in [0.3, 0.4) is 0 Å². The van der Waals surface area contributed by atoms with Gasteiger partial charge in [-0.25, -0.2) is 0 Å². The van der Waals surface area contributed by atoms with Crippen molar-refractivity contribution in [3.63, 3.8) is 0 Å². The lowest BCUT2D eigenvalue weighted by Crippen LogP contribution is -2.11. The lowest BCUT2D eigenvalue weighted by molar-refractivity contribution is 0.121. The molecule has 0 bridgehead atoms. The van der Waals surface area contributed by atoms with E-state index in [2.05, 4.69) is 38.1 Å². The Morgan fingerprint density at radius 2 is 1.81 bits per heavy atom. The first kappa shape index (κ1) is 12.0. The molecule has 1 aromatic rings. The molecule has 1 aliphatic heterocycles. The smallest absolute Gasteiger partial charge is 0.0826 e. The van der Waals surface area contributed by atoms with Crippen molar-refractivity contribution in [2.24, 2.45) is 5.92 Å². The number of rotatable bonds is 3. The van der Waals surface area contributed by atoms with Crippen molar-refractivity contribution < 1.29 is 5.11 Å². The largest absolute Gasteiger partial charge is 0.388 e. The molecule has 1 N–H and O–H groups in total. The van der Waals surface area contributed by atoms with Gasteiger partial charge in [-0.05, 0) is 40.9 Å². The first-order valence-electron chi connectivity index (χ1n) is 6.04. The number of hydrogen-bond donors (Lipinski definition) is 1. The summed E-state index contributed by atoms with van der Waals surface area (Å²) in [6.45, 7) is 4.39. The summed E-state index contributed by atoms with van der Waals surface area (Å²) >= 11 is 1.95. The molecule has 1 nitrogen and oxygen atoms in total. The van der Waals surface area contributed by atoms with Crippen LogP contribution in [0.25, 0.3) is 0 Å². The summed E-state index contributed by atoms with van der Waals surface area (Å²) in [7, 11) is 0. The average molecular weight is 236 g/mol. The monoisotopic (exact) mass is 236 g/mol. The van der Waals surface area contributed by atoms with Gasteiger partial charge >= 0.3 is 0 Å². The number of hydrogen-bond acceptors (Lipinski definition) is 2. The molecule has 0 amide bonds. The Bertz CT molecular complexity index is 325. The lowest BCUT2D eigenvalue weighted by Gasteiger charge is -2.18. The number of aliphatic hydroxyl groups excluding tert-OH is 1. The van der Waals surface area contributed by atoms with Crippen molar-refractivity contribution in [2.45, 2.75) is 32.3 Å². The topological polar surface area (TPSA) is 20.2 Å². The van der Waals surface area contributed by atoms with Crippen LogP contribution < -0.4 is 0 Å². The van der Waals surface area contributed by atoms with E-state index in [4.69, 9.17) is 0 Å². The van der Waals surface area contributed by atoms with Gasteiger partial charge in [0, 0.05) is 0 Å². The minimum Gasteiger partial charge on any atom is -0.388 e. The molecular formula is C14H20OS. The Labute approximate surface area is 102 Å². The standard InChI is InChI=1S/C14H20OS/c1-10(2)11-3-5-12(6-4-11)14(15)13-7-8-16-9-13/h3-6,10,13-15H,7-9H2,1-2H3. The minimum absolute atomic E-state index is 0.267. The predicted octanol–water partition coefficient (Wildman–Crippen LogP) is 3.60. The zero-order valence-electron chi connectivity index (χ0n) is 10.0. The van der Waals surface area contributed by atoms with E-state index in [0.29, 0.717) is 11.8 Å². The van der Waals surface area contributed by atoms with Crippen molar-refractivity contribution in [1.82, 2.24) is 0 Å². The molecule has 0 radical (unpaired) electrons.